The summed E-state index contributed by atoms with van der Waals surface area (Å²) in [6, 6.07) is 10.9. The van der Waals surface area contributed by atoms with Gasteiger partial charge in [-0.25, -0.2) is 8.42 Å². The Kier molecular flexibility index (Phi) is 4.79. The minimum Gasteiger partial charge on any atom is -0.481 e. The highest BCUT2D eigenvalue weighted by Crippen LogP contribution is 2.23. The summed E-state index contributed by atoms with van der Waals surface area (Å²) >= 11 is 0. The van der Waals surface area contributed by atoms with E-state index in [0.29, 0.717) is 5.56 Å². The van der Waals surface area contributed by atoms with Crippen LogP contribution in [-0.4, -0.2) is 38.2 Å². The molecule has 1 heterocycles. The van der Waals surface area contributed by atoms with Gasteiger partial charge in [0, 0.05) is 12.8 Å². The van der Waals surface area contributed by atoms with Gasteiger partial charge in [0.2, 0.25) is 14.9 Å². The van der Waals surface area contributed by atoms with Crippen LogP contribution in [-0.2, 0) is 20.0 Å². The summed E-state index contributed by atoms with van der Waals surface area (Å²) < 4.78 is 27.7. The van der Waals surface area contributed by atoms with Crippen LogP contribution in [0, 0.1) is 0 Å². The Balaban J connectivity index is 2.17. The van der Waals surface area contributed by atoms with Crippen molar-refractivity contribution in [1.82, 2.24) is 5.32 Å². The molecule has 2 N–H and O–H groups in total. The van der Waals surface area contributed by atoms with Gasteiger partial charge in [-0.2, -0.15) is 0 Å². The van der Waals surface area contributed by atoms with Crippen molar-refractivity contribution in [1.29, 1.82) is 0 Å². The first-order valence-corrected chi connectivity index (χ1v) is 8.91. The second-order valence-corrected chi connectivity index (χ2v) is 7.52. The maximum atomic E-state index is 12.1. The molecule has 0 saturated carbocycles. The molecule has 1 aromatic carbocycles. The van der Waals surface area contributed by atoms with Crippen LogP contribution in [0.25, 0.3) is 0 Å². The summed E-state index contributed by atoms with van der Waals surface area (Å²) in [4.78, 5) is 23.7. The van der Waals surface area contributed by atoms with E-state index >= 15 is 0 Å². The van der Waals surface area contributed by atoms with Crippen LogP contribution in [0.1, 0.15) is 23.0 Å². The Labute approximate surface area is 139 Å². The molecule has 1 amide bonds. The van der Waals surface area contributed by atoms with Gasteiger partial charge in [-0.1, -0.05) is 30.3 Å². The maximum absolute atomic E-state index is 12.1. The molecular weight excluding hydrogens is 334 g/mol. The zero-order valence-electron chi connectivity index (χ0n) is 13.1. The largest absolute Gasteiger partial charge is 0.481 e. The second-order valence-electron chi connectivity index (χ2n) is 5.58. The summed E-state index contributed by atoms with van der Waals surface area (Å²) in [7, 11) is -3.56. The topological polar surface area (TPSA) is 114 Å². The minimum absolute atomic E-state index is 0.180. The van der Waals surface area contributed by atoms with Crippen molar-refractivity contribution >= 4 is 21.7 Å². The molecule has 0 aliphatic rings. The molecule has 0 radical (unpaired) electrons. The number of carboxylic acids is 1. The molecule has 0 fully saturated rings. The summed E-state index contributed by atoms with van der Waals surface area (Å²) in [6.07, 6.45) is 0.963. The maximum Gasteiger partial charge on any atom is 0.315 e. The van der Waals surface area contributed by atoms with Crippen molar-refractivity contribution < 1.29 is 27.5 Å². The lowest BCUT2D eigenvalue weighted by Gasteiger charge is -2.25. The van der Waals surface area contributed by atoms with Crippen LogP contribution in [0.3, 0.4) is 0 Å². The highest BCUT2D eigenvalue weighted by molar-refractivity contribution is 7.90. The Hall–Kier alpha value is -2.61. The number of nitrogens with one attached hydrogen (secondary N) is 1. The Morgan fingerprint density at radius 2 is 1.79 bits per heavy atom. The first kappa shape index (κ1) is 17.7. The smallest absolute Gasteiger partial charge is 0.315 e. The summed E-state index contributed by atoms with van der Waals surface area (Å²) in [6.45, 7) is 1.31. The molecule has 0 spiro atoms. The van der Waals surface area contributed by atoms with Crippen molar-refractivity contribution in [3.8, 4) is 0 Å². The molecule has 2 aromatic rings. The van der Waals surface area contributed by atoms with Crippen molar-refractivity contribution in [2.24, 2.45) is 0 Å². The average Bonchev–Trinajstić information content (AvgIpc) is 3.03. The molecule has 0 bridgehead atoms. The fourth-order valence-electron chi connectivity index (χ4n) is 2.09. The number of aliphatic carboxylic acids is 1. The number of benzene rings is 1. The van der Waals surface area contributed by atoms with Crippen molar-refractivity contribution in [2.45, 2.75) is 17.4 Å². The number of sulfone groups is 1. The predicted octanol–water partition coefficient (Wildman–Crippen LogP) is 1.46. The van der Waals surface area contributed by atoms with E-state index in [-0.39, 0.29) is 17.4 Å². The minimum atomic E-state index is -3.56. The number of furan rings is 1. The molecule has 1 aromatic heterocycles. The van der Waals surface area contributed by atoms with E-state index < -0.39 is 27.1 Å². The van der Waals surface area contributed by atoms with E-state index in [2.05, 4.69) is 5.32 Å². The van der Waals surface area contributed by atoms with E-state index in [9.17, 15) is 23.1 Å². The van der Waals surface area contributed by atoms with Gasteiger partial charge in [-0.05, 0) is 24.6 Å². The SMILES string of the molecule is CC(CNC(=O)c1ccc(S(C)(=O)=O)o1)(C(=O)O)c1ccccc1. The Morgan fingerprint density at radius 3 is 2.29 bits per heavy atom. The van der Waals surface area contributed by atoms with Gasteiger partial charge in [0.25, 0.3) is 5.91 Å². The molecule has 0 aliphatic heterocycles. The van der Waals surface area contributed by atoms with Gasteiger partial charge in [-0.3, -0.25) is 9.59 Å². The number of hydrogen-bond acceptors (Lipinski definition) is 5. The van der Waals surface area contributed by atoms with Gasteiger partial charge < -0.3 is 14.8 Å². The van der Waals surface area contributed by atoms with E-state index in [1.807, 2.05) is 0 Å². The first-order chi connectivity index (χ1) is 11.1. The molecular formula is C16H17NO6S. The third-order valence-corrected chi connectivity index (χ3v) is 4.61. The zero-order chi connectivity index (χ0) is 18.0. The van der Waals surface area contributed by atoms with Crippen molar-refractivity contribution in [3.05, 3.63) is 53.8 Å². The normalized spacial score (nSPS) is 13.9. The van der Waals surface area contributed by atoms with E-state index in [4.69, 9.17) is 4.42 Å². The fraction of sp³-hybridized carbons (Fsp3) is 0.250. The zero-order valence-corrected chi connectivity index (χ0v) is 14.0. The lowest BCUT2D eigenvalue weighted by molar-refractivity contribution is -0.142. The summed E-state index contributed by atoms with van der Waals surface area (Å²) in [5.41, 5.74) is -0.794. The number of carbonyl (C=O) groups excluding carboxylic acids is 1. The van der Waals surface area contributed by atoms with E-state index in [1.54, 1.807) is 30.3 Å². The molecule has 0 saturated heterocycles. The predicted molar refractivity (Wildman–Crippen MR) is 85.6 cm³/mol. The highest BCUT2D eigenvalue weighted by Gasteiger charge is 2.35. The van der Waals surface area contributed by atoms with Gasteiger partial charge in [0.1, 0.15) is 5.41 Å². The molecule has 0 aliphatic carbocycles. The molecule has 24 heavy (non-hydrogen) atoms. The standard InChI is InChI=1S/C16H17NO6S/c1-16(15(19)20,11-6-4-3-5-7-11)10-17-14(18)12-8-9-13(23-12)24(2,21)22/h3-9H,10H2,1-2H3,(H,17,18)(H,19,20). The number of amides is 1. The molecule has 8 heteroatoms. The fourth-order valence-corrected chi connectivity index (χ4v) is 2.65. The van der Waals surface area contributed by atoms with Crippen LogP contribution in [0.5, 0.6) is 0 Å². The highest BCUT2D eigenvalue weighted by atomic mass is 32.2. The van der Waals surface area contributed by atoms with Gasteiger partial charge in [0.15, 0.2) is 5.76 Å². The lowest BCUT2D eigenvalue weighted by Crippen LogP contribution is -2.44. The van der Waals surface area contributed by atoms with E-state index in [0.717, 1.165) is 6.26 Å². The quantitative estimate of drug-likeness (QED) is 0.814. The number of rotatable bonds is 6. The van der Waals surface area contributed by atoms with Crippen LogP contribution < -0.4 is 5.32 Å². The molecule has 1 unspecified atom stereocenters. The second kappa shape index (κ2) is 6.48. The monoisotopic (exact) mass is 351 g/mol. The number of carbonyl (C=O) groups is 2. The lowest BCUT2D eigenvalue weighted by atomic mass is 9.82. The molecule has 7 nitrogen and oxygen atoms in total. The van der Waals surface area contributed by atoms with Crippen LogP contribution >= 0.6 is 0 Å². The summed E-state index contributed by atoms with van der Waals surface area (Å²) in [5.74, 6) is -1.98. The van der Waals surface area contributed by atoms with Crippen molar-refractivity contribution in [3.63, 3.8) is 0 Å². The molecule has 1 atom stereocenters. The Morgan fingerprint density at radius 1 is 1.17 bits per heavy atom. The number of hydrogen-bond donors (Lipinski definition) is 2. The van der Waals surface area contributed by atoms with Crippen LogP contribution in [0.2, 0.25) is 0 Å². The summed E-state index contributed by atoms with van der Waals surface area (Å²) in [5, 5.41) is 11.7. The number of carboxylic acid groups (broad SMARTS) is 1. The van der Waals surface area contributed by atoms with E-state index in [1.165, 1.54) is 19.1 Å². The molecule has 2 rings (SSSR count). The van der Waals surface area contributed by atoms with Crippen LogP contribution in [0.15, 0.2) is 52.0 Å². The van der Waals surface area contributed by atoms with Gasteiger partial charge in [-0.15, -0.1) is 0 Å². The molecule has 128 valence electrons. The average molecular weight is 351 g/mol. The third kappa shape index (κ3) is 3.65. The van der Waals surface area contributed by atoms with Gasteiger partial charge in [0.05, 0.1) is 0 Å². The van der Waals surface area contributed by atoms with Crippen molar-refractivity contribution in [2.75, 3.05) is 12.8 Å². The van der Waals surface area contributed by atoms with Crippen LogP contribution in [0.4, 0.5) is 0 Å². The third-order valence-electron chi connectivity index (χ3n) is 3.66. The Bertz CT molecular complexity index is 856. The first-order valence-electron chi connectivity index (χ1n) is 7.01. The van der Waals surface area contributed by atoms with Gasteiger partial charge >= 0.3 is 5.97 Å².